The molecule has 1 aromatic rings. The molecule has 5 heteroatoms. The molecule has 0 saturated carbocycles. The molecule has 0 aliphatic rings. The summed E-state index contributed by atoms with van der Waals surface area (Å²) in [7, 11) is 0. The monoisotopic (exact) mass is 243 g/mol. The van der Waals surface area contributed by atoms with Gasteiger partial charge < -0.3 is 14.9 Å². The smallest absolute Gasteiger partial charge is 0.323 e. The van der Waals surface area contributed by atoms with Crippen LogP contribution in [-0.2, 0) is 15.3 Å². The van der Waals surface area contributed by atoms with Crippen LogP contribution in [0.5, 0.6) is 0 Å². The summed E-state index contributed by atoms with van der Waals surface area (Å²) in [5.41, 5.74) is 5.65. The highest BCUT2D eigenvalue weighted by atomic mass is 32.2. The van der Waals surface area contributed by atoms with Crippen molar-refractivity contribution >= 4 is 17.7 Å². The van der Waals surface area contributed by atoms with Gasteiger partial charge in [-0.3, -0.25) is 4.79 Å². The molecule has 0 aliphatic carbocycles. The van der Waals surface area contributed by atoms with Gasteiger partial charge in [0.05, 0.1) is 12.4 Å². The normalized spacial score (nSPS) is 12.4. The van der Waals surface area contributed by atoms with E-state index >= 15 is 0 Å². The van der Waals surface area contributed by atoms with Gasteiger partial charge in [0.15, 0.2) is 0 Å². The van der Waals surface area contributed by atoms with Gasteiger partial charge in [-0.25, -0.2) is 0 Å². The number of rotatable bonds is 6. The first kappa shape index (κ1) is 13.1. The minimum absolute atomic E-state index is 0.342. The van der Waals surface area contributed by atoms with Crippen LogP contribution >= 0.6 is 11.8 Å². The molecule has 1 aromatic heterocycles. The second-order valence-corrected chi connectivity index (χ2v) is 4.42. The summed E-state index contributed by atoms with van der Waals surface area (Å²) in [6, 6.07) is 3.29. The van der Waals surface area contributed by atoms with Crippen molar-refractivity contribution in [2.24, 2.45) is 5.73 Å². The third-order valence-electron chi connectivity index (χ3n) is 1.93. The fourth-order valence-corrected chi connectivity index (χ4v) is 2.03. The predicted molar refractivity (Wildman–Crippen MR) is 64.2 cm³/mol. The topological polar surface area (TPSA) is 65.5 Å². The molecule has 1 unspecified atom stereocenters. The predicted octanol–water partition coefficient (Wildman–Crippen LogP) is 1.71. The van der Waals surface area contributed by atoms with Crippen molar-refractivity contribution in [2.45, 2.75) is 25.6 Å². The number of carbonyl (C=O) groups is 1. The minimum atomic E-state index is -0.555. The molecule has 0 spiro atoms. The number of hydrogen-bond acceptors (Lipinski definition) is 5. The van der Waals surface area contributed by atoms with Gasteiger partial charge in [0.2, 0.25) is 0 Å². The highest BCUT2D eigenvalue weighted by Gasteiger charge is 2.14. The quantitative estimate of drug-likeness (QED) is 0.770. The van der Waals surface area contributed by atoms with Crippen molar-refractivity contribution in [2.75, 3.05) is 12.4 Å². The molecule has 0 aromatic carbocycles. The van der Waals surface area contributed by atoms with E-state index in [1.807, 2.05) is 19.1 Å². The van der Waals surface area contributed by atoms with E-state index in [1.54, 1.807) is 18.7 Å². The minimum Gasteiger partial charge on any atom is -0.466 e. The summed E-state index contributed by atoms with van der Waals surface area (Å²) in [5, 5.41) is 0. The van der Waals surface area contributed by atoms with Crippen LogP contribution in [-0.4, -0.2) is 24.4 Å². The van der Waals surface area contributed by atoms with Crippen LogP contribution in [0.2, 0.25) is 0 Å². The molecule has 4 nitrogen and oxygen atoms in total. The Bertz CT molecular complexity index is 338. The lowest BCUT2D eigenvalue weighted by Crippen LogP contribution is -2.34. The first-order chi connectivity index (χ1) is 7.63. The zero-order chi connectivity index (χ0) is 12.0. The molecule has 0 amide bonds. The molecule has 0 bridgehead atoms. The van der Waals surface area contributed by atoms with Crippen molar-refractivity contribution in [3.05, 3.63) is 23.7 Å². The molecule has 0 radical (unpaired) electrons. The number of carbonyl (C=O) groups excluding carboxylic acids is 1. The van der Waals surface area contributed by atoms with Gasteiger partial charge in [-0.15, -0.1) is 0 Å². The number of ether oxygens (including phenoxy) is 1. The maximum absolute atomic E-state index is 11.2. The Labute approximate surface area is 99.5 Å². The van der Waals surface area contributed by atoms with E-state index in [-0.39, 0.29) is 5.97 Å². The summed E-state index contributed by atoms with van der Waals surface area (Å²) in [4.78, 5) is 11.2. The molecular formula is C11H17NO3S. The van der Waals surface area contributed by atoms with Gasteiger partial charge in [-0.2, -0.15) is 11.8 Å². The molecule has 1 atom stereocenters. The lowest BCUT2D eigenvalue weighted by atomic mass is 10.4. The van der Waals surface area contributed by atoms with E-state index in [9.17, 15) is 4.79 Å². The molecule has 0 saturated heterocycles. The zero-order valence-electron chi connectivity index (χ0n) is 9.56. The summed E-state index contributed by atoms with van der Waals surface area (Å²) in [6.45, 7) is 4.04. The lowest BCUT2D eigenvalue weighted by Gasteiger charge is -2.09. The Hall–Kier alpha value is -0.940. The van der Waals surface area contributed by atoms with Crippen molar-refractivity contribution in [1.29, 1.82) is 0 Å². The van der Waals surface area contributed by atoms with Crippen LogP contribution in [0.1, 0.15) is 18.4 Å². The fourth-order valence-electron chi connectivity index (χ4n) is 1.17. The van der Waals surface area contributed by atoms with Gasteiger partial charge in [-0.1, -0.05) is 0 Å². The first-order valence-electron chi connectivity index (χ1n) is 5.18. The maximum atomic E-state index is 11.2. The van der Waals surface area contributed by atoms with Gasteiger partial charge in [-0.05, 0) is 26.0 Å². The standard InChI is InChI=1S/C11H17NO3S/c1-3-14-11(13)10(12)7-16-6-9-5-4-8(2)15-9/h4-5,10H,3,6-7,12H2,1-2H3. The Kier molecular flexibility index (Phi) is 5.42. The molecule has 0 fully saturated rings. The van der Waals surface area contributed by atoms with E-state index in [1.165, 1.54) is 0 Å². The first-order valence-corrected chi connectivity index (χ1v) is 6.34. The fraction of sp³-hybridized carbons (Fsp3) is 0.545. The Morgan fingerprint density at radius 1 is 1.62 bits per heavy atom. The largest absolute Gasteiger partial charge is 0.466 e. The van der Waals surface area contributed by atoms with Crippen molar-refractivity contribution in [3.63, 3.8) is 0 Å². The summed E-state index contributed by atoms with van der Waals surface area (Å²) >= 11 is 1.56. The van der Waals surface area contributed by atoms with E-state index < -0.39 is 6.04 Å². The van der Waals surface area contributed by atoms with Gasteiger partial charge >= 0.3 is 5.97 Å². The Morgan fingerprint density at radius 3 is 2.94 bits per heavy atom. The number of furan rings is 1. The average Bonchev–Trinajstić information content (AvgIpc) is 2.64. The second-order valence-electron chi connectivity index (χ2n) is 3.39. The second kappa shape index (κ2) is 6.60. The molecule has 0 aliphatic heterocycles. The van der Waals surface area contributed by atoms with E-state index in [0.29, 0.717) is 12.4 Å². The van der Waals surface area contributed by atoms with Gasteiger partial charge in [0.25, 0.3) is 0 Å². The van der Waals surface area contributed by atoms with E-state index in [2.05, 4.69) is 0 Å². The lowest BCUT2D eigenvalue weighted by molar-refractivity contribution is -0.144. The highest BCUT2D eigenvalue weighted by molar-refractivity contribution is 7.98. The number of nitrogens with two attached hydrogens (primary N) is 1. The van der Waals surface area contributed by atoms with Crippen LogP contribution in [0.4, 0.5) is 0 Å². The SMILES string of the molecule is CCOC(=O)C(N)CSCc1ccc(C)o1. The molecule has 16 heavy (non-hydrogen) atoms. The van der Waals surface area contributed by atoms with Crippen LogP contribution in [0.3, 0.4) is 0 Å². The highest BCUT2D eigenvalue weighted by Crippen LogP contribution is 2.15. The number of aryl methyl sites for hydroxylation is 1. The summed E-state index contributed by atoms with van der Waals surface area (Å²) in [6.07, 6.45) is 0. The summed E-state index contributed by atoms with van der Waals surface area (Å²) < 4.78 is 10.2. The number of esters is 1. The van der Waals surface area contributed by atoms with Crippen LogP contribution in [0.15, 0.2) is 16.5 Å². The van der Waals surface area contributed by atoms with E-state index in [0.717, 1.165) is 17.3 Å². The molecule has 1 heterocycles. The van der Waals surface area contributed by atoms with Crippen molar-refractivity contribution in [1.82, 2.24) is 0 Å². The van der Waals surface area contributed by atoms with Crippen molar-refractivity contribution in [3.8, 4) is 0 Å². The van der Waals surface area contributed by atoms with Crippen molar-refractivity contribution < 1.29 is 13.9 Å². The third-order valence-corrected chi connectivity index (χ3v) is 3.01. The molecule has 2 N–H and O–H groups in total. The average molecular weight is 243 g/mol. The Morgan fingerprint density at radius 2 is 2.38 bits per heavy atom. The molecule has 1 rings (SSSR count). The third kappa shape index (κ3) is 4.28. The van der Waals surface area contributed by atoms with Crippen LogP contribution in [0, 0.1) is 6.92 Å². The Balaban J connectivity index is 2.22. The maximum Gasteiger partial charge on any atom is 0.323 e. The number of thioether (sulfide) groups is 1. The number of hydrogen-bond donors (Lipinski definition) is 1. The van der Waals surface area contributed by atoms with Gasteiger partial charge in [0, 0.05) is 5.75 Å². The van der Waals surface area contributed by atoms with Gasteiger partial charge in [0.1, 0.15) is 17.6 Å². The van der Waals surface area contributed by atoms with E-state index in [4.69, 9.17) is 14.9 Å². The zero-order valence-corrected chi connectivity index (χ0v) is 10.4. The molecule has 90 valence electrons. The molecular weight excluding hydrogens is 226 g/mol. The summed E-state index contributed by atoms with van der Waals surface area (Å²) in [5.74, 6) is 2.72. The van der Waals surface area contributed by atoms with Crippen LogP contribution in [0.25, 0.3) is 0 Å². The van der Waals surface area contributed by atoms with Crippen LogP contribution < -0.4 is 5.73 Å².